The summed E-state index contributed by atoms with van der Waals surface area (Å²) in [6.07, 6.45) is 2.63. The molecule has 0 radical (unpaired) electrons. The molecule has 0 aliphatic heterocycles. The molecule has 2 aromatic carbocycles. The lowest BCUT2D eigenvalue weighted by atomic mass is 10.1. The Kier molecular flexibility index (Phi) is 10.8. The van der Waals surface area contributed by atoms with Gasteiger partial charge in [0.1, 0.15) is 11.5 Å². The van der Waals surface area contributed by atoms with E-state index < -0.39 is 16.1 Å². The minimum atomic E-state index is -3.81. The third-order valence-corrected chi connectivity index (χ3v) is 6.25. The van der Waals surface area contributed by atoms with Crippen molar-refractivity contribution in [2.75, 3.05) is 34.4 Å². The van der Waals surface area contributed by atoms with Crippen LogP contribution in [0.2, 0.25) is 0 Å². The van der Waals surface area contributed by atoms with Crippen molar-refractivity contribution in [3.63, 3.8) is 0 Å². The zero-order valence-corrected chi connectivity index (χ0v) is 20.7. The molecular formula is C24H33N3O6S. The highest BCUT2D eigenvalue weighted by Gasteiger charge is 2.18. The Labute approximate surface area is 201 Å². The highest BCUT2D eigenvalue weighted by Crippen LogP contribution is 2.24. The number of hydrogen-bond acceptors (Lipinski definition) is 6. The molecule has 34 heavy (non-hydrogen) atoms. The summed E-state index contributed by atoms with van der Waals surface area (Å²) in [5.74, 6) is 0.296. The molecule has 0 aromatic heterocycles. The first-order chi connectivity index (χ1) is 16.3. The van der Waals surface area contributed by atoms with E-state index >= 15 is 0 Å². The standard InChI is InChI=1S/C24H33N3O6S/c1-25-34(30,31)26-23(28)13-7-8-14-27(15-9-12-19-10-5-4-6-11-19)24(29)20-16-21(32-2)18-22(17-20)33-3/h4-6,10-11,16-18,25H,7-9,12-15H2,1-3H3,(H,26,28). The molecule has 2 rings (SSSR count). The number of methoxy groups -OCH3 is 2. The fourth-order valence-corrected chi connectivity index (χ4v) is 3.89. The van der Waals surface area contributed by atoms with Crippen molar-refractivity contribution in [1.29, 1.82) is 0 Å². The summed E-state index contributed by atoms with van der Waals surface area (Å²) in [5.41, 5.74) is 1.65. The van der Waals surface area contributed by atoms with Crippen molar-refractivity contribution < 1.29 is 27.5 Å². The summed E-state index contributed by atoms with van der Waals surface area (Å²) in [7, 11) is 0.469. The average molecular weight is 492 g/mol. The van der Waals surface area contributed by atoms with Crippen molar-refractivity contribution >= 4 is 22.0 Å². The first kappa shape index (κ1) is 27.1. The average Bonchev–Trinajstić information content (AvgIpc) is 2.85. The first-order valence-electron chi connectivity index (χ1n) is 11.1. The van der Waals surface area contributed by atoms with Gasteiger partial charge in [-0.05, 0) is 43.4 Å². The fourth-order valence-electron chi connectivity index (χ4n) is 3.39. The van der Waals surface area contributed by atoms with Crippen LogP contribution in [0.1, 0.15) is 41.6 Å². The van der Waals surface area contributed by atoms with E-state index in [0.717, 1.165) is 12.8 Å². The molecule has 0 saturated carbocycles. The van der Waals surface area contributed by atoms with Gasteiger partial charge in [-0.2, -0.15) is 8.42 Å². The van der Waals surface area contributed by atoms with Crippen LogP contribution in [0.4, 0.5) is 0 Å². The molecule has 9 nitrogen and oxygen atoms in total. The van der Waals surface area contributed by atoms with Crippen LogP contribution >= 0.6 is 0 Å². The molecule has 0 unspecified atom stereocenters. The fraction of sp³-hybridized carbons (Fsp3) is 0.417. The van der Waals surface area contributed by atoms with E-state index in [4.69, 9.17) is 9.47 Å². The van der Waals surface area contributed by atoms with Gasteiger partial charge >= 0.3 is 10.2 Å². The zero-order valence-electron chi connectivity index (χ0n) is 19.9. The Morgan fingerprint density at radius 2 is 1.53 bits per heavy atom. The summed E-state index contributed by atoms with van der Waals surface area (Å²) >= 11 is 0. The number of rotatable bonds is 14. The Hall–Kier alpha value is -3.11. The predicted octanol–water partition coefficient (Wildman–Crippen LogP) is 2.53. The summed E-state index contributed by atoms with van der Waals surface area (Å²) in [6.45, 7) is 0.965. The van der Waals surface area contributed by atoms with Gasteiger partial charge in [0.2, 0.25) is 5.91 Å². The zero-order chi connectivity index (χ0) is 25.0. The molecule has 10 heteroatoms. The van der Waals surface area contributed by atoms with Crippen LogP contribution < -0.4 is 18.9 Å². The Bertz CT molecular complexity index is 1020. The topological polar surface area (TPSA) is 114 Å². The van der Waals surface area contributed by atoms with Crippen LogP contribution in [0.25, 0.3) is 0 Å². The van der Waals surface area contributed by atoms with Gasteiger partial charge in [-0.15, -0.1) is 0 Å². The van der Waals surface area contributed by atoms with Gasteiger partial charge in [0.05, 0.1) is 14.2 Å². The number of unbranched alkanes of at least 4 members (excludes halogenated alkanes) is 1. The van der Waals surface area contributed by atoms with Crippen molar-refractivity contribution in [3.8, 4) is 11.5 Å². The molecule has 2 aromatic rings. The van der Waals surface area contributed by atoms with Gasteiger partial charge in [0.15, 0.2) is 0 Å². The maximum absolute atomic E-state index is 13.3. The van der Waals surface area contributed by atoms with Gasteiger partial charge in [0, 0.05) is 38.2 Å². The van der Waals surface area contributed by atoms with Crippen molar-refractivity contribution in [1.82, 2.24) is 14.3 Å². The van der Waals surface area contributed by atoms with Gasteiger partial charge < -0.3 is 14.4 Å². The minimum Gasteiger partial charge on any atom is -0.497 e. The molecule has 0 heterocycles. The normalized spacial score (nSPS) is 11.0. The minimum absolute atomic E-state index is 0.0416. The SMILES string of the molecule is CNS(=O)(=O)NC(=O)CCCCN(CCCc1ccccc1)C(=O)c1cc(OC)cc(OC)c1. The molecule has 0 aliphatic rings. The summed E-state index contributed by atoms with van der Waals surface area (Å²) in [6, 6.07) is 15.1. The predicted molar refractivity (Wildman–Crippen MR) is 130 cm³/mol. The van der Waals surface area contributed by atoms with E-state index in [1.807, 2.05) is 27.6 Å². The lowest BCUT2D eigenvalue weighted by molar-refractivity contribution is -0.119. The monoisotopic (exact) mass is 491 g/mol. The molecule has 0 aliphatic carbocycles. The van der Waals surface area contributed by atoms with Crippen LogP contribution in [0.15, 0.2) is 48.5 Å². The molecule has 2 N–H and O–H groups in total. The number of aryl methyl sites for hydroxylation is 1. The summed E-state index contributed by atoms with van der Waals surface area (Å²) in [5, 5.41) is 0. The molecule has 0 bridgehead atoms. The maximum Gasteiger partial charge on any atom is 0.301 e. The van der Waals surface area contributed by atoms with E-state index in [-0.39, 0.29) is 12.3 Å². The number of benzene rings is 2. The number of nitrogens with one attached hydrogen (secondary N) is 2. The number of nitrogens with zero attached hydrogens (tertiary/aromatic N) is 1. The Balaban J connectivity index is 2.03. The third-order valence-electron chi connectivity index (χ3n) is 5.22. The first-order valence-corrected chi connectivity index (χ1v) is 12.6. The van der Waals surface area contributed by atoms with Gasteiger partial charge in [0.25, 0.3) is 5.91 Å². The van der Waals surface area contributed by atoms with Crippen molar-refractivity contribution in [2.45, 2.75) is 32.1 Å². The lowest BCUT2D eigenvalue weighted by Gasteiger charge is -2.23. The van der Waals surface area contributed by atoms with Crippen LogP contribution in [0.3, 0.4) is 0 Å². The molecule has 2 amide bonds. The Morgan fingerprint density at radius 3 is 2.12 bits per heavy atom. The quantitative estimate of drug-likeness (QED) is 0.393. The van der Waals surface area contributed by atoms with Crippen LogP contribution in [0.5, 0.6) is 11.5 Å². The van der Waals surface area contributed by atoms with Crippen LogP contribution in [0, 0.1) is 0 Å². The number of carbonyl (C=O) groups is 2. The van der Waals surface area contributed by atoms with E-state index in [0.29, 0.717) is 43.0 Å². The van der Waals surface area contributed by atoms with E-state index in [2.05, 4.69) is 12.1 Å². The molecule has 0 spiro atoms. The second kappa shape index (κ2) is 13.6. The van der Waals surface area contributed by atoms with E-state index in [1.165, 1.54) is 26.8 Å². The molecule has 0 saturated heterocycles. The molecule has 186 valence electrons. The lowest BCUT2D eigenvalue weighted by Crippen LogP contribution is -2.38. The maximum atomic E-state index is 13.3. The van der Waals surface area contributed by atoms with Gasteiger partial charge in [-0.3, -0.25) is 9.59 Å². The third kappa shape index (κ3) is 9.03. The molecule has 0 fully saturated rings. The van der Waals surface area contributed by atoms with E-state index in [9.17, 15) is 18.0 Å². The number of amides is 2. The van der Waals surface area contributed by atoms with E-state index in [1.54, 1.807) is 23.1 Å². The van der Waals surface area contributed by atoms with Crippen LogP contribution in [-0.4, -0.2) is 59.5 Å². The second-order valence-electron chi connectivity index (χ2n) is 7.67. The van der Waals surface area contributed by atoms with Gasteiger partial charge in [-0.1, -0.05) is 30.3 Å². The second-order valence-corrected chi connectivity index (χ2v) is 9.29. The molecular weight excluding hydrogens is 458 g/mol. The van der Waals surface area contributed by atoms with Crippen molar-refractivity contribution in [3.05, 3.63) is 59.7 Å². The highest BCUT2D eigenvalue weighted by molar-refractivity contribution is 7.88. The number of carbonyl (C=O) groups excluding carboxylic acids is 2. The van der Waals surface area contributed by atoms with Gasteiger partial charge in [-0.25, -0.2) is 9.44 Å². The highest BCUT2D eigenvalue weighted by atomic mass is 32.2. The van der Waals surface area contributed by atoms with Crippen LogP contribution in [-0.2, 0) is 21.4 Å². The van der Waals surface area contributed by atoms with Crippen molar-refractivity contribution in [2.24, 2.45) is 0 Å². The number of ether oxygens (including phenoxy) is 2. The Morgan fingerprint density at radius 1 is 0.912 bits per heavy atom. The number of hydrogen-bond donors (Lipinski definition) is 2. The smallest absolute Gasteiger partial charge is 0.301 e. The largest absolute Gasteiger partial charge is 0.497 e. The summed E-state index contributed by atoms with van der Waals surface area (Å²) < 4.78 is 37.4. The summed E-state index contributed by atoms with van der Waals surface area (Å²) in [4.78, 5) is 26.9. The molecule has 0 atom stereocenters.